The van der Waals surface area contributed by atoms with Crippen LogP contribution in [-0.2, 0) is 6.54 Å². The Morgan fingerprint density at radius 1 is 0.923 bits per heavy atom. The minimum Gasteiger partial charge on any atom is -0.492 e. The van der Waals surface area contributed by atoms with Gasteiger partial charge < -0.3 is 9.30 Å². The lowest BCUT2D eigenvalue weighted by atomic mass is 10.1. The number of aromatic nitrogens is 2. The Kier molecular flexibility index (Phi) is 4.63. The highest BCUT2D eigenvalue weighted by molar-refractivity contribution is 6.30. The van der Waals surface area contributed by atoms with E-state index in [1.807, 2.05) is 42.5 Å². The molecular formula is C22H19ClN2O. The minimum atomic E-state index is 0.556. The van der Waals surface area contributed by atoms with Crippen molar-refractivity contribution in [1.29, 1.82) is 0 Å². The van der Waals surface area contributed by atoms with Crippen molar-refractivity contribution in [2.75, 3.05) is 6.61 Å². The lowest BCUT2D eigenvalue weighted by molar-refractivity contribution is 0.301. The van der Waals surface area contributed by atoms with Crippen LogP contribution in [0.4, 0.5) is 0 Å². The fourth-order valence-electron chi connectivity index (χ4n) is 3.12. The molecule has 0 radical (unpaired) electrons. The molecule has 0 atom stereocenters. The third-order valence-electron chi connectivity index (χ3n) is 4.44. The maximum absolute atomic E-state index is 5.93. The first kappa shape index (κ1) is 16.7. The number of ether oxygens (including phenoxy) is 1. The Labute approximate surface area is 157 Å². The van der Waals surface area contributed by atoms with Crippen LogP contribution in [0.15, 0.2) is 72.8 Å². The molecule has 26 heavy (non-hydrogen) atoms. The molecule has 0 bridgehead atoms. The summed E-state index contributed by atoms with van der Waals surface area (Å²) in [6.07, 6.45) is 0. The maximum Gasteiger partial charge on any atom is 0.141 e. The average Bonchev–Trinajstić information content (AvgIpc) is 3.02. The lowest BCUT2D eigenvalue weighted by Crippen LogP contribution is -2.09. The molecule has 3 aromatic carbocycles. The van der Waals surface area contributed by atoms with Gasteiger partial charge in [-0.2, -0.15) is 0 Å². The summed E-state index contributed by atoms with van der Waals surface area (Å²) in [4.78, 5) is 4.87. The summed E-state index contributed by atoms with van der Waals surface area (Å²) in [5.41, 5.74) is 4.47. The van der Waals surface area contributed by atoms with E-state index >= 15 is 0 Å². The molecule has 3 nitrogen and oxygen atoms in total. The smallest absolute Gasteiger partial charge is 0.141 e. The standard InChI is InChI=1S/C22H19ClN2O/c1-16-6-2-3-7-19(16)22-24-20-8-4-5-9-21(20)25(22)14-15-26-18-12-10-17(23)11-13-18/h2-13H,14-15H2,1H3. The zero-order chi connectivity index (χ0) is 17.9. The van der Waals surface area contributed by atoms with E-state index in [9.17, 15) is 0 Å². The summed E-state index contributed by atoms with van der Waals surface area (Å²) >= 11 is 5.93. The van der Waals surface area contributed by atoms with Crippen LogP contribution in [0.1, 0.15) is 5.56 Å². The van der Waals surface area contributed by atoms with Crippen molar-refractivity contribution in [3.8, 4) is 17.1 Å². The van der Waals surface area contributed by atoms with Crippen LogP contribution in [0.3, 0.4) is 0 Å². The molecule has 0 amide bonds. The van der Waals surface area contributed by atoms with E-state index in [4.69, 9.17) is 21.3 Å². The van der Waals surface area contributed by atoms with Crippen LogP contribution in [0, 0.1) is 6.92 Å². The topological polar surface area (TPSA) is 27.1 Å². The molecule has 0 saturated carbocycles. The number of hydrogen-bond acceptors (Lipinski definition) is 2. The van der Waals surface area contributed by atoms with Gasteiger partial charge in [-0.15, -0.1) is 0 Å². The molecule has 1 aromatic heterocycles. The van der Waals surface area contributed by atoms with Crippen LogP contribution in [0.25, 0.3) is 22.4 Å². The van der Waals surface area contributed by atoms with Gasteiger partial charge in [0.2, 0.25) is 0 Å². The molecule has 0 unspecified atom stereocenters. The molecule has 1 heterocycles. The van der Waals surface area contributed by atoms with Gasteiger partial charge in [-0.25, -0.2) is 4.98 Å². The predicted octanol–water partition coefficient (Wildman–Crippen LogP) is 5.74. The second-order valence-corrected chi connectivity index (χ2v) is 6.63. The molecule has 4 rings (SSSR count). The summed E-state index contributed by atoms with van der Waals surface area (Å²) in [6.45, 7) is 3.39. The molecular weight excluding hydrogens is 344 g/mol. The van der Waals surface area contributed by atoms with E-state index < -0.39 is 0 Å². The second-order valence-electron chi connectivity index (χ2n) is 6.19. The van der Waals surface area contributed by atoms with Gasteiger partial charge in [-0.1, -0.05) is 48.0 Å². The van der Waals surface area contributed by atoms with Crippen molar-refractivity contribution in [1.82, 2.24) is 9.55 Å². The number of rotatable bonds is 5. The molecule has 4 aromatic rings. The number of imidazole rings is 1. The van der Waals surface area contributed by atoms with Crippen LogP contribution >= 0.6 is 11.6 Å². The Bertz CT molecular complexity index is 1040. The van der Waals surface area contributed by atoms with E-state index in [-0.39, 0.29) is 0 Å². The van der Waals surface area contributed by atoms with E-state index in [2.05, 4.69) is 41.8 Å². The van der Waals surface area contributed by atoms with Gasteiger partial charge in [-0.3, -0.25) is 0 Å². The minimum absolute atomic E-state index is 0.556. The van der Waals surface area contributed by atoms with Gasteiger partial charge in [0.15, 0.2) is 0 Å². The Hall–Kier alpha value is -2.78. The van der Waals surface area contributed by atoms with E-state index in [1.54, 1.807) is 0 Å². The van der Waals surface area contributed by atoms with Crippen molar-refractivity contribution in [2.24, 2.45) is 0 Å². The van der Waals surface area contributed by atoms with Crippen LogP contribution in [0.2, 0.25) is 5.02 Å². The number of para-hydroxylation sites is 2. The Balaban J connectivity index is 1.65. The van der Waals surface area contributed by atoms with Gasteiger partial charge in [0.1, 0.15) is 18.2 Å². The lowest BCUT2D eigenvalue weighted by Gasteiger charge is -2.12. The first-order valence-corrected chi connectivity index (χ1v) is 9.00. The summed E-state index contributed by atoms with van der Waals surface area (Å²) in [6, 6.07) is 24.0. The molecule has 0 aliphatic rings. The predicted molar refractivity (Wildman–Crippen MR) is 107 cm³/mol. The summed E-state index contributed by atoms with van der Waals surface area (Å²) in [7, 11) is 0. The highest BCUT2D eigenvalue weighted by Gasteiger charge is 2.13. The molecule has 0 aliphatic carbocycles. The van der Waals surface area contributed by atoms with Crippen LogP contribution in [-0.4, -0.2) is 16.2 Å². The van der Waals surface area contributed by atoms with E-state index in [1.165, 1.54) is 5.56 Å². The second kappa shape index (κ2) is 7.22. The zero-order valence-corrected chi connectivity index (χ0v) is 15.3. The van der Waals surface area contributed by atoms with Crippen molar-refractivity contribution < 1.29 is 4.74 Å². The Morgan fingerprint density at radius 3 is 2.46 bits per heavy atom. The number of fused-ring (bicyclic) bond motifs is 1. The van der Waals surface area contributed by atoms with Crippen molar-refractivity contribution in [3.05, 3.63) is 83.4 Å². The van der Waals surface area contributed by atoms with Crippen molar-refractivity contribution in [2.45, 2.75) is 13.5 Å². The van der Waals surface area contributed by atoms with E-state index in [0.717, 1.165) is 28.2 Å². The molecule has 0 saturated heterocycles. The normalized spacial score (nSPS) is 11.0. The number of aryl methyl sites for hydroxylation is 1. The molecule has 0 aliphatic heterocycles. The van der Waals surface area contributed by atoms with Gasteiger partial charge in [0.05, 0.1) is 17.6 Å². The quantitative estimate of drug-likeness (QED) is 0.452. The van der Waals surface area contributed by atoms with Crippen molar-refractivity contribution >= 4 is 22.6 Å². The number of halogens is 1. The van der Waals surface area contributed by atoms with Gasteiger partial charge in [0, 0.05) is 10.6 Å². The van der Waals surface area contributed by atoms with Crippen molar-refractivity contribution in [3.63, 3.8) is 0 Å². The van der Waals surface area contributed by atoms with Gasteiger partial charge in [-0.05, 0) is 48.9 Å². The maximum atomic E-state index is 5.93. The third-order valence-corrected chi connectivity index (χ3v) is 4.69. The summed E-state index contributed by atoms with van der Waals surface area (Å²) in [5, 5.41) is 0.708. The number of hydrogen-bond donors (Lipinski definition) is 0. The SMILES string of the molecule is Cc1ccccc1-c1nc2ccccc2n1CCOc1ccc(Cl)cc1. The first-order chi connectivity index (χ1) is 12.7. The number of nitrogens with zero attached hydrogens (tertiary/aromatic N) is 2. The molecule has 0 spiro atoms. The fraction of sp³-hybridized carbons (Fsp3) is 0.136. The highest BCUT2D eigenvalue weighted by Crippen LogP contribution is 2.27. The fourth-order valence-corrected chi connectivity index (χ4v) is 3.24. The molecule has 4 heteroatoms. The molecule has 0 N–H and O–H groups in total. The monoisotopic (exact) mass is 362 g/mol. The largest absolute Gasteiger partial charge is 0.492 e. The Morgan fingerprint density at radius 2 is 1.65 bits per heavy atom. The highest BCUT2D eigenvalue weighted by atomic mass is 35.5. The number of benzene rings is 3. The molecule has 130 valence electrons. The van der Waals surface area contributed by atoms with Gasteiger partial charge >= 0.3 is 0 Å². The summed E-state index contributed by atoms with van der Waals surface area (Å²) in [5.74, 6) is 1.79. The zero-order valence-electron chi connectivity index (χ0n) is 14.5. The van der Waals surface area contributed by atoms with Crippen LogP contribution in [0.5, 0.6) is 5.75 Å². The van der Waals surface area contributed by atoms with Crippen LogP contribution < -0.4 is 4.74 Å². The van der Waals surface area contributed by atoms with Gasteiger partial charge in [0.25, 0.3) is 0 Å². The summed E-state index contributed by atoms with van der Waals surface area (Å²) < 4.78 is 8.13. The molecule has 0 fully saturated rings. The first-order valence-electron chi connectivity index (χ1n) is 8.62. The van der Waals surface area contributed by atoms with E-state index in [0.29, 0.717) is 18.2 Å². The third kappa shape index (κ3) is 3.31. The average molecular weight is 363 g/mol.